The van der Waals surface area contributed by atoms with Crippen molar-refractivity contribution in [3.63, 3.8) is 0 Å². The van der Waals surface area contributed by atoms with Gasteiger partial charge in [-0.1, -0.05) is 0 Å². The Morgan fingerprint density at radius 2 is 2.00 bits per heavy atom. The van der Waals surface area contributed by atoms with Crippen LogP contribution in [0.1, 0.15) is 5.56 Å². The summed E-state index contributed by atoms with van der Waals surface area (Å²) in [5.41, 5.74) is 2.68. The molecule has 3 heteroatoms. The molecule has 1 saturated heterocycles. The zero-order valence-corrected chi connectivity index (χ0v) is 10.5. The van der Waals surface area contributed by atoms with E-state index in [0.29, 0.717) is 0 Å². The minimum absolute atomic E-state index is 0.852. The van der Waals surface area contributed by atoms with Crippen LogP contribution in [0.3, 0.4) is 0 Å². The fourth-order valence-corrected chi connectivity index (χ4v) is 1.98. The van der Waals surface area contributed by atoms with Crippen molar-refractivity contribution in [2.45, 2.75) is 6.92 Å². The second kappa shape index (κ2) is 4.49. The molecule has 2 rings (SSSR count). The first-order valence-electron chi connectivity index (χ1n) is 4.86. The van der Waals surface area contributed by atoms with E-state index in [9.17, 15) is 0 Å². The van der Waals surface area contributed by atoms with E-state index >= 15 is 0 Å². The highest BCUT2D eigenvalue weighted by Crippen LogP contribution is 2.21. The van der Waals surface area contributed by atoms with Crippen LogP contribution in [0.15, 0.2) is 18.2 Å². The molecule has 0 spiro atoms. The van der Waals surface area contributed by atoms with Gasteiger partial charge in [0.2, 0.25) is 0 Å². The first-order chi connectivity index (χ1) is 6.77. The maximum Gasteiger partial charge on any atom is 0.0642 e. The number of benzene rings is 1. The van der Waals surface area contributed by atoms with Crippen LogP contribution in [0.25, 0.3) is 0 Å². The van der Waals surface area contributed by atoms with Gasteiger partial charge in [0.1, 0.15) is 0 Å². The maximum absolute atomic E-state index is 5.33. The lowest BCUT2D eigenvalue weighted by atomic mass is 10.2. The molecule has 0 aliphatic carbocycles. The number of rotatable bonds is 1. The normalized spacial score (nSPS) is 17.1. The molecular weight excluding hydrogens is 289 g/mol. The van der Waals surface area contributed by atoms with Crippen LogP contribution in [0.5, 0.6) is 0 Å². The fraction of sp³-hybridized carbons (Fsp3) is 0.455. The molecule has 0 atom stereocenters. The lowest BCUT2D eigenvalue weighted by molar-refractivity contribution is 0.122. The van der Waals surface area contributed by atoms with Crippen molar-refractivity contribution >= 4 is 28.3 Å². The van der Waals surface area contributed by atoms with E-state index in [2.05, 4.69) is 52.6 Å². The summed E-state index contributed by atoms with van der Waals surface area (Å²) < 4.78 is 6.66. The molecule has 0 radical (unpaired) electrons. The monoisotopic (exact) mass is 303 g/mol. The van der Waals surface area contributed by atoms with Gasteiger partial charge in [-0.2, -0.15) is 0 Å². The average molecular weight is 303 g/mol. The molecular formula is C11H14INO. The summed E-state index contributed by atoms with van der Waals surface area (Å²) in [5, 5.41) is 0. The zero-order valence-electron chi connectivity index (χ0n) is 8.29. The summed E-state index contributed by atoms with van der Waals surface area (Å²) in [5.74, 6) is 0. The molecule has 0 amide bonds. The molecule has 0 bridgehead atoms. The third-order valence-corrected chi connectivity index (χ3v) is 3.73. The number of ether oxygens (including phenoxy) is 1. The van der Waals surface area contributed by atoms with Crippen LogP contribution in [0.4, 0.5) is 5.69 Å². The SMILES string of the molecule is Cc1cc(N2CCOCC2)ccc1I. The molecule has 1 aromatic rings. The number of hydrogen-bond donors (Lipinski definition) is 0. The van der Waals surface area contributed by atoms with Crippen molar-refractivity contribution in [3.05, 3.63) is 27.3 Å². The van der Waals surface area contributed by atoms with Crippen LogP contribution in [0, 0.1) is 10.5 Å². The molecule has 0 saturated carbocycles. The summed E-state index contributed by atoms with van der Waals surface area (Å²) in [6, 6.07) is 6.63. The van der Waals surface area contributed by atoms with E-state index in [-0.39, 0.29) is 0 Å². The van der Waals surface area contributed by atoms with Crippen molar-refractivity contribution < 1.29 is 4.74 Å². The molecule has 14 heavy (non-hydrogen) atoms. The zero-order chi connectivity index (χ0) is 9.97. The number of anilines is 1. The molecule has 1 fully saturated rings. The summed E-state index contributed by atoms with van der Waals surface area (Å²) in [6.45, 7) is 5.89. The summed E-state index contributed by atoms with van der Waals surface area (Å²) in [4.78, 5) is 2.38. The van der Waals surface area contributed by atoms with Crippen molar-refractivity contribution in [2.24, 2.45) is 0 Å². The topological polar surface area (TPSA) is 12.5 Å². The third-order valence-electron chi connectivity index (χ3n) is 2.52. The van der Waals surface area contributed by atoms with Crippen molar-refractivity contribution in [1.82, 2.24) is 0 Å². The molecule has 0 N–H and O–H groups in total. The molecule has 0 aromatic heterocycles. The average Bonchev–Trinajstić information content (AvgIpc) is 2.23. The van der Waals surface area contributed by atoms with E-state index in [1.807, 2.05) is 0 Å². The molecule has 0 unspecified atom stereocenters. The molecule has 2 nitrogen and oxygen atoms in total. The highest BCUT2D eigenvalue weighted by molar-refractivity contribution is 14.1. The number of nitrogens with zero attached hydrogens (tertiary/aromatic N) is 1. The second-order valence-corrected chi connectivity index (χ2v) is 4.70. The van der Waals surface area contributed by atoms with Gasteiger partial charge in [0, 0.05) is 22.3 Å². The smallest absolute Gasteiger partial charge is 0.0642 e. The Labute approximate surface area is 98.4 Å². The van der Waals surface area contributed by atoms with E-state index in [4.69, 9.17) is 4.74 Å². The van der Waals surface area contributed by atoms with Gasteiger partial charge in [-0.3, -0.25) is 0 Å². The van der Waals surface area contributed by atoms with Gasteiger partial charge < -0.3 is 9.64 Å². The largest absolute Gasteiger partial charge is 0.378 e. The first-order valence-corrected chi connectivity index (χ1v) is 5.94. The molecule has 1 aliphatic rings. The molecule has 76 valence electrons. The van der Waals surface area contributed by atoms with Crippen LogP contribution in [0.2, 0.25) is 0 Å². The fourth-order valence-electron chi connectivity index (χ4n) is 1.65. The van der Waals surface area contributed by atoms with E-state index in [1.54, 1.807) is 0 Å². The summed E-state index contributed by atoms with van der Waals surface area (Å²) in [7, 11) is 0. The van der Waals surface area contributed by atoms with Gasteiger partial charge in [-0.05, 0) is 53.3 Å². The lowest BCUT2D eigenvalue weighted by Gasteiger charge is -2.29. The van der Waals surface area contributed by atoms with Gasteiger partial charge in [0.15, 0.2) is 0 Å². The van der Waals surface area contributed by atoms with Crippen molar-refractivity contribution in [1.29, 1.82) is 0 Å². The van der Waals surface area contributed by atoms with Gasteiger partial charge in [0.05, 0.1) is 13.2 Å². The Morgan fingerprint density at radius 3 is 2.64 bits per heavy atom. The van der Waals surface area contributed by atoms with Gasteiger partial charge in [0.25, 0.3) is 0 Å². The number of halogens is 1. The van der Waals surface area contributed by atoms with E-state index < -0.39 is 0 Å². The van der Waals surface area contributed by atoms with Gasteiger partial charge >= 0.3 is 0 Å². The minimum atomic E-state index is 0.852. The van der Waals surface area contributed by atoms with Crippen LogP contribution in [-0.2, 0) is 4.74 Å². The highest BCUT2D eigenvalue weighted by atomic mass is 127. The summed E-state index contributed by atoms with van der Waals surface area (Å²) in [6.07, 6.45) is 0. The lowest BCUT2D eigenvalue weighted by Crippen LogP contribution is -2.36. The summed E-state index contributed by atoms with van der Waals surface area (Å²) >= 11 is 2.37. The second-order valence-electron chi connectivity index (χ2n) is 3.53. The minimum Gasteiger partial charge on any atom is -0.378 e. The quantitative estimate of drug-likeness (QED) is 0.739. The van der Waals surface area contributed by atoms with Crippen LogP contribution < -0.4 is 4.90 Å². The Balaban J connectivity index is 2.18. The highest BCUT2D eigenvalue weighted by Gasteiger charge is 2.11. The van der Waals surface area contributed by atoms with Gasteiger partial charge in [-0.15, -0.1) is 0 Å². The number of hydrogen-bond acceptors (Lipinski definition) is 2. The Bertz CT molecular complexity index is 321. The Kier molecular flexibility index (Phi) is 3.28. The predicted octanol–water partition coefficient (Wildman–Crippen LogP) is 2.44. The Morgan fingerprint density at radius 1 is 1.29 bits per heavy atom. The first kappa shape index (κ1) is 10.2. The van der Waals surface area contributed by atoms with Crippen molar-refractivity contribution in [3.8, 4) is 0 Å². The van der Waals surface area contributed by atoms with E-state index in [1.165, 1.54) is 14.8 Å². The van der Waals surface area contributed by atoms with Crippen LogP contribution in [-0.4, -0.2) is 26.3 Å². The van der Waals surface area contributed by atoms with Gasteiger partial charge in [-0.25, -0.2) is 0 Å². The standard InChI is InChI=1S/C11H14INO/c1-9-8-10(2-3-11(9)12)13-4-6-14-7-5-13/h2-3,8H,4-7H2,1H3. The Hall–Kier alpha value is -0.290. The number of morpholine rings is 1. The molecule has 1 aliphatic heterocycles. The van der Waals surface area contributed by atoms with Crippen molar-refractivity contribution in [2.75, 3.05) is 31.2 Å². The van der Waals surface area contributed by atoms with Crippen LogP contribution >= 0.6 is 22.6 Å². The number of aryl methyl sites for hydroxylation is 1. The molecule has 1 heterocycles. The third kappa shape index (κ3) is 2.20. The maximum atomic E-state index is 5.33. The molecule has 1 aromatic carbocycles. The predicted molar refractivity (Wildman–Crippen MR) is 66.9 cm³/mol. The van der Waals surface area contributed by atoms with E-state index in [0.717, 1.165) is 26.3 Å².